The number of aryl methyl sites for hydroxylation is 2. The lowest BCUT2D eigenvalue weighted by Crippen LogP contribution is -2.37. The largest absolute Gasteiger partial charge is 0.375 e. The van der Waals surface area contributed by atoms with Gasteiger partial charge in [0.2, 0.25) is 0 Å². The molecule has 1 aliphatic heterocycles. The van der Waals surface area contributed by atoms with Crippen LogP contribution in [0.4, 0.5) is 5.69 Å². The first-order valence-corrected chi connectivity index (χ1v) is 7.16. The van der Waals surface area contributed by atoms with Gasteiger partial charge in [0.15, 0.2) is 11.4 Å². The Balaban J connectivity index is 2.03. The molecule has 0 saturated carbocycles. The first-order chi connectivity index (χ1) is 10.4. The zero-order valence-electron chi connectivity index (χ0n) is 12.5. The molecule has 0 spiro atoms. The van der Waals surface area contributed by atoms with Gasteiger partial charge < -0.3 is 10.4 Å². The molecular formula is C18H17NO3. The quantitative estimate of drug-likeness (QED) is 0.856. The van der Waals surface area contributed by atoms with Crippen LogP contribution in [0.5, 0.6) is 0 Å². The van der Waals surface area contributed by atoms with Gasteiger partial charge in [0.05, 0.1) is 12.1 Å². The van der Waals surface area contributed by atoms with E-state index in [9.17, 15) is 14.7 Å². The maximum atomic E-state index is 12.4. The fourth-order valence-corrected chi connectivity index (χ4v) is 2.96. The Morgan fingerprint density at radius 3 is 2.41 bits per heavy atom. The van der Waals surface area contributed by atoms with E-state index in [0.29, 0.717) is 16.8 Å². The van der Waals surface area contributed by atoms with Crippen molar-refractivity contribution in [1.82, 2.24) is 0 Å². The van der Waals surface area contributed by atoms with Crippen LogP contribution in [-0.4, -0.2) is 16.8 Å². The molecule has 22 heavy (non-hydrogen) atoms. The molecule has 0 aliphatic carbocycles. The first-order valence-electron chi connectivity index (χ1n) is 7.16. The molecule has 1 heterocycles. The summed E-state index contributed by atoms with van der Waals surface area (Å²) in [6.07, 6.45) is -0.264. The van der Waals surface area contributed by atoms with Crippen LogP contribution < -0.4 is 5.32 Å². The van der Waals surface area contributed by atoms with Crippen molar-refractivity contribution >= 4 is 17.4 Å². The van der Waals surface area contributed by atoms with Crippen LogP contribution in [0, 0.1) is 13.8 Å². The Hall–Kier alpha value is -2.46. The molecule has 3 rings (SSSR count). The van der Waals surface area contributed by atoms with Crippen LogP contribution in [0.15, 0.2) is 42.5 Å². The predicted octanol–water partition coefficient (Wildman–Crippen LogP) is 2.72. The number of Topliss-reactive ketones (excluding diaryl/α,β-unsaturated/α-hetero) is 1. The monoisotopic (exact) mass is 295 g/mol. The van der Waals surface area contributed by atoms with Gasteiger partial charge >= 0.3 is 0 Å². The second-order valence-corrected chi connectivity index (χ2v) is 5.73. The molecule has 112 valence electrons. The van der Waals surface area contributed by atoms with Crippen LogP contribution >= 0.6 is 0 Å². The lowest BCUT2D eigenvalue weighted by molar-refractivity contribution is -0.133. The highest BCUT2D eigenvalue weighted by Crippen LogP contribution is 2.42. The van der Waals surface area contributed by atoms with Crippen LogP contribution in [-0.2, 0) is 10.4 Å². The number of aliphatic hydroxyl groups is 1. The van der Waals surface area contributed by atoms with E-state index in [2.05, 4.69) is 5.32 Å². The summed E-state index contributed by atoms with van der Waals surface area (Å²) >= 11 is 0. The maximum absolute atomic E-state index is 12.4. The van der Waals surface area contributed by atoms with Crippen molar-refractivity contribution in [1.29, 1.82) is 0 Å². The van der Waals surface area contributed by atoms with E-state index in [0.717, 1.165) is 11.1 Å². The predicted molar refractivity (Wildman–Crippen MR) is 83.8 cm³/mol. The van der Waals surface area contributed by atoms with Crippen molar-refractivity contribution in [3.63, 3.8) is 0 Å². The fraction of sp³-hybridized carbons (Fsp3) is 0.222. The van der Waals surface area contributed by atoms with Crippen LogP contribution in [0.2, 0.25) is 0 Å². The topological polar surface area (TPSA) is 66.4 Å². The minimum atomic E-state index is -1.81. The number of amides is 1. The standard InChI is InChI=1S/C18H17NO3/c1-11-8-9-12(2)16-15(11)18(22,17(21)19-16)10-14(20)13-6-4-3-5-7-13/h3-9,22H,10H2,1-2H3,(H,19,21). The molecule has 4 heteroatoms. The van der Waals surface area contributed by atoms with Crippen molar-refractivity contribution in [2.45, 2.75) is 25.9 Å². The molecule has 1 unspecified atom stereocenters. The van der Waals surface area contributed by atoms with E-state index in [1.165, 1.54) is 0 Å². The molecule has 0 aromatic heterocycles. The second kappa shape index (κ2) is 5.07. The van der Waals surface area contributed by atoms with Crippen LogP contribution in [0.1, 0.15) is 33.5 Å². The average Bonchev–Trinajstić information content (AvgIpc) is 2.77. The summed E-state index contributed by atoms with van der Waals surface area (Å²) in [5.41, 5.74) is 1.48. The zero-order chi connectivity index (χ0) is 15.9. The number of carbonyl (C=O) groups excluding carboxylic acids is 2. The number of benzene rings is 2. The molecule has 0 bridgehead atoms. The molecule has 1 atom stereocenters. The first kappa shape index (κ1) is 14.5. The molecule has 0 radical (unpaired) electrons. The van der Waals surface area contributed by atoms with Gasteiger partial charge in [0.1, 0.15) is 0 Å². The third-order valence-corrected chi connectivity index (χ3v) is 4.16. The maximum Gasteiger partial charge on any atom is 0.261 e. The van der Waals surface area contributed by atoms with E-state index in [1.807, 2.05) is 32.0 Å². The molecule has 0 fully saturated rings. The third-order valence-electron chi connectivity index (χ3n) is 4.16. The SMILES string of the molecule is Cc1ccc(C)c2c1NC(=O)C2(O)CC(=O)c1ccccc1. The molecule has 1 aliphatic rings. The van der Waals surface area contributed by atoms with Gasteiger partial charge in [-0.2, -0.15) is 0 Å². The number of fused-ring (bicyclic) bond motifs is 1. The highest BCUT2D eigenvalue weighted by molar-refractivity contribution is 6.10. The zero-order valence-corrected chi connectivity index (χ0v) is 12.5. The Bertz CT molecular complexity index is 767. The molecule has 4 nitrogen and oxygen atoms in total. The third kappa shape index (κ3) is 2.12. The summed E-state index contributed by atoms with van der Waals surface area (Å²) in [5.74, 6) is -0.795. The molecular weight excluding hydrogens is 278 g/mol. The molecule has 2 aromatic rings. The van der Waals surface area contributed by atoms with Crippen molar-refractivity contribution in [3.05, 3.63) is 64.7 Å². The fourth-order valence-electron chi connectivity index (χ4n) is 2.96. The van der Waals surface area contributed by atoms with Crippen molar-refractivity contribution < 1.29 is 14.7 Å². The van der Waals surface area contributed by atoms with Gasteiger partial charge in [-0.05, 0) is 25.0 Å². The number of nitrogens with one attached hydrogen (secondary N) is 1. The van der Waals surface area contributed by atoms with E-state index in [-0.39, 0.29) is 12.2 Å². The van der Waals surface area contributed by atoms with Gasteiger partial charge in [0, 0.05) is 11.1 Å². The van der Waals surface area contributed by atoms with Gasteiger partial charge in [-0.3, -0.25) is 9.59 Å². The summed E-state index contributed by atoms with van der Waals surface area (Å²) in [6.45, 7) is 3.69. The summed E-state index contributed by atoms with van der Waals surface area (Å²) in [7, 11) is 0. The summed E-state index contributed by atoms with van der Waals surface area (Å²) < 4.78 is 0. The van der Waals surface area contributed by atoms with Crippen molar-refractivity contribution in [2.75, 3.05) is 5.32 Å². The average molecular weight is 295 g/mol. The van der Waals surface area contributed by atoms with Gasteiger partial charge in [0.25, 0.3) is 5.91 Å². The summed E-state index contributed by atoms with van der Waals surface area (Å²) in [5, 5.41) is 13.6. The number of anilines is 1. The minimum Gasteiger partial charge on any atom is -0.375 e. The van der Waals surface area contributed by atoms with E-state index in [1.54, 1.807) is 24.3 Å². The van der Waals surface area contributed by atoms with Crippen molar-refractivity contribution in [2.24, 2.45) is 0 Å². The van der Waals surface area contributed by atoms with Gasteiger partial charge in [-0.25, -0.2) is 0 Å². The lowest BCUT2D eigenvalue weighted by Gasteiger charge is -2.22. The Morgan fingerprint density at radius 2 is 1.73 bits per heavy atom. The lowest BCUT2D eigenvalue weighted by atomic mass is 9.85. The Morgan fingerprint density at radius 1 is 1.09 bits per heavy atom. The highest BCUT2D eigenvalue weighted by Gasteiger charge is 2.48. The van der Waals surface area contributed by atoms with Crippen LogP contribution in [0.25, 0.3) is 0 Å². The number of rotatable bonds is 3. The Kier molecular flexibility index (Phi) is 3.34. The highest BCUT2D eigenvalue weighted by atomic mass is 16.3. The number of hydrogen-bond donors (Lipinski definition) is 2. The molecule has 0 saturated heterocycles. The molecule has 1 amide bonds. The smallest absolute Gasteiger partial charge is 0.261 e. The van der Waals surface area contributed by atoms with Gasteiger partial charge in [-0.1, -0.05) is 42.5 Å². The summed E-state index contributed by atoms with van der Waals surface area (Å²) in [4.78, 5) is 24.7. The van der Waals surface area contributed by atoms with Crippen molar-refractivity contribution in [3.8, 4) is 0 Å². The molecule has 2 N–H and O–H groups in total. The van der Waals surface area contributed by atoms with E-state index < -0.39 is 11.5 Å². The number of carbonyl (C=O) groups is 2. The number of ketones is 1. The second-order valence-electron chi connectivity index (χ2n) is 5.73. The summed E-state index contributed by atoms with van der Waals surface area (Å²) in [6, 6.07) is 12.4. The Labute approximate surface area is 128 Å². The van der Waals surface area contributed by atoms with E-state index in [4.69, 9.17) is 0 Å². The van der Waals surface area contributed by atoms with E-state index >= 15 is 0 Å². The normalized spacial score (nSPS) is 19.7. The molecule has 2 aromatic carbocycles. The minimum absolute atomic E-state index is 0.257. The van der Waals surface area contributed by atoms with Crippen LogP contribution in [0.3, 0.4) is 0 Å². The van der Waals surface area contributed by atoms with Gasteiger partial charge in [-0.15, -0.1) is 0 Å². The number of hydrogen-bond acceptors (Lipinski definition) is 3.